The molecule has 1 aromatic carbocycles. The standard InChI is InChI=1S/C19H26FNOSi/c1-5-12-23(13-6-2,14-7-3)18-11-9-10-17(15-18)21(8-4)19(22)16-20/h5-7,9-11,15H,1-3,8,12-14,16H2,4H3. The molecule has 0 aliphatic rings. The quantitative estimate of drug-likeness (QED) is 0.464. The second-order valence-corrected chi connectivity index (χ2v) is 9.94. The van der Waals surface area contributed by atoms with Crippen molar-refractivity contribution in [3.8, 4) is 0 Å². The van der Waals surface area contributed by atoms with Crippen LogP contribution in [0.25, 0.3) is 0 Å². The number of anilines is 1. The van der Waals surface area contributed by atoms with Crippen molar-refractivity contribution >= 4 is 24.9 Å². The molecule has 0 aliphatic carbocycles. The fourth-order valence-corrected chi connectivity index (χ4v) is 6.78. The number of hydrogen-bond donors (Lipinski definition) is 0. The summed E-state index contributed by atoms with van der Waals surface area (Å²) >= 11 is 0. The van der Waals surface area contributed by atoms with Crippen molar-refractivity contribution in [2.24, 2.45) is 0 Å². The number of halogens is 1. The van der Waals surface area contributed by atoms with Crippen molar-refractivity contribution in [2.75, 3.05) is 18.1 Å². The Hall–Kier alpha value is -1.94. The van der Waals surface area contributed by atoms with E-state index in [4.69, 9.17) is 0 Å². The van der Waals surface area contributed by atoms with Crippen LogP contribution in [0.1, 0.15) is 6.92 Å². The molecule has 0 heterocycles. The molecule has 1 rings (SSSR count). The molecule has 0 saturated heterocycles. The minimum absolute atomic E-state index is 0.450. The topological polar surface area (TPSA) is 20.3 Å². The van der Waals surface area contributed by atoms with Gasteiger partial charge in [-0.15, -0.1) is 19.7 Å². The van der Waals surface area contributed by atoms with Crippen LogP contribution in [0.3, 0.4) is 0 Å². The number of hydrogen-bond acceptors (Lipinski definition) is 1. The van der Waals surface area contributed by atoms with Gasteiger partial charge in [-0.2, -0.15) is 0 Å². The summed E-state index contributed by atoms with van der Waals surface area (Å²) in [6, 6.07) is 10.7. The minimum atomic E-state index is -1.89. The first-order chi connectivity index (χ1) is 11.1. The third-order valence-corrected chi connectivity index (χ3v) is 8.85. The summed E-state index contributed by atoms with van der Waals surface area (Å²) in [6.45, 7) is 13.0. The second-order valence-electron chi connectivity index (χ2n) is 5.58. The van der Waals surface area contributed by atoms with Crippen LogP contribution in [0.15, 0.2) is 62.2 Å². The molecule has 2 nitrogen and oxygen atoms in total. The van der Waals surface area contributed by atoms with Crippen LogP contribution in [0.2, 0.25) is 18.1 Å². The molecular formula is C19H26FNOSi. The SMILES string of the molecule is C=CC[Si](CC=C)(CC=C)c1cccc(N(CC)C(=O)CF)c1. The molecule has 0 radical (unpaired) electrons. The van der Waals surface area contributed by atoms with Gasteiger partial charge in [0.15, 0.2) is 6.67 Å². The molecule has 0 aliphatic heterocycles. The van der Waals surface area contributed by atoms with Crippen LogP contribution in [0, 0.1) is 0 Å². The number of amides is 1. The van der Waals surface area contributed by atoms with E-state index >= 15 is 0 Å². The molecule has 0 N–H and O–H groups in total. The van der Waals surface area contributed by atoms with Crippen molar-refractivity contribution in [2.45, 2.75) is 25.1 Å². The normalized spacial score (nSPS) is 10.9. The van der Waals surface area contributed by atoms with E-state index < -0.39 is 20.7 Å². The lowest BCUT2D eigenvalue weighted by atomic mass is 10.3. The zero-order valence-electron chi connectivity index (χ0n) is 13.9. The summed E-state index contributed by atoms with van der Waals surface area (Å²) in [5.41, 5.74) is 0.752. The second kappa shape index (κ2) is 9.25. The Balaban J connectivity index is 3.35. The maximum absolute atomic E-state index is 12.8. The summed E-state index contributed by atoms with van der Waals surface area (Å²) in [5.74, 6) is -0.506. The van der Waals surface area contributed by atoms with Crippen LogP contribution < -0.4 is 10.1 Å². The highest BCUT2D eigenvalue weighted by atomic mass is 28.3. The predicted molar refractivity (Wildman–Crippen MR) is 101 cm³/mol. The Kier molecular flexibility index (Phi) is 7.69. The van der Waals surface area contributed by atoms with Crippen molar-refractivity contribution < 1.29 is 9.18 Å². The average Bonchev–Trinajstić information content (AvgIpc) is 2.56. The van der Waals surface area contributed by atoms with E-state index in [1.165, 1.54) is 10.1 Å². The Morgan fingerprint density at radius 1 is 1.17 bits per heavy atom. The molecule has 1 amide bonds. The molecule has 1 aromatic rings. The lowest BCUT2D eigenvalue weighted by Gasteiger charge is -2.31. The van der Waals surface area contributed by atoms with Crippen LogP contribution in [-0.2, 0) is 4.79 Å². The first-order valence-electron chi connectivity index (χ1n) is 7.88. The molecule has 23 heavy (non-hydrogen) atoms. The number of nitrogens with zero attached hydrogens (tertiary/aromatic N) is 1. The monoisotopic (exact) mass is 331 g/mol. The number of carbonyl (C=O) groups is 1. The largest absolute Gasteiger partial charge is 0.310 e. The van der Waals surface area contributed by atoms with E-state index in [2.05, 4.69) is 25.8 Å². The van der Waals surface area contributed by atoms with Gasteiger partial charge in [0, 0.05) is 12.2 Å². The fourth-order valence-electron chi connectivity index (χ4n) is 3.01. The molecule has 124 valence electrons. The third kappa shape index (κ3) is 4.52. The lowest BCUT2D eigenvalue weighted by molar-refractivity contribution is -0.119. The molecular weight excluding hydrogens is 305 g/mol. The molecule has 4 heteroatoms. The van der Waals surface area contributed by atoms with Crippen LogP contribution >= 0.6 is 0 Å². The van der Waals surface area contributed by atoms with Gasteiger partial charge in [-0.25, -0.2) is 4.39 Å². The number of rotatable bonds is 10. The summed E-state index contributed by atoms with van der Waals surface area (Å²) in [7, 11) is -1.89. The number of allylic oxidation sites excluding steroid dienone is 3. The predicted octanol–water partition coefficient (Wildman–Crippen LogP) is 4.22. The van der Waals surface area contributed by atoms with Gasteiger partial charge in [-0.3, -0.25) is 4.79 Å². The van der Waals surface area contributed by atoms with Crippen molar-refractivity contribution in [3.05, 3.63) is 62.2 Å². The maximum atomic E-state index is 12.8. The van der Waals surface area contributed by atoms with Gasteiger partial charge in [-0.1, -0.05) is 35.5 Å². The summed E-state index contributed by atoms with van der Waals surface area (Å²) in [4.78, 5) is 13.3. The first-order valence-corrected chi connectivity index (χ1v) is 10.5. The van der Waals surface area contributed by atoms with E-state index in [9.17, 15) is 9.18 Å². The maximum Gasteiger partial charge on any atom is 0.258 e. The molecule has 0 atom stereocenters. The van der Waals surface area contributed by atoms with Crippen molar-refractivity contribution in [1.29, 1.82) is 0 Å². The van der Waals surface area contributed by atoms with Crippen LogP contribution in [0.4, 0.5) is 10.1 Å². The van der Waals surface area contributed by atoms with Gasteiger partial charge in [0.05, 0.1) is 8.07 Å². The van der Waals surface area contributed by atoms with Gasteiger partial charge in [0.25, 0.3) is 5.91 Å². The van der Waals surface area contributed by atoms with E-state index in [0.717, 1.165) is 23.8 Å². The Morgan fingerprint density at radius 3 is 2.17 bits per heavy atom. The molecule has 0 unspecified atom stereocenters. The van der Waals surface area contributed by atoms with Gasteiger partial charge >= 0.3 is 0 Å². The molecule has 0 bridgehead atoms. The Morgan fingerprint density at radius 2 is 1.74 bits per heavy atom. The third-order valence-electron chi connectivity index (χ3n) is 4.11. The first kappa shape index (κ1) is 19.1. The van der Waals surface area contributed by atoms with Gasteiger partial charge in [0.2, 0.25) is 0 Å². The average molecular weight is 332 g/mol. The van der Waals surface area contributed by atoms with Crippen molar-refractivity contribution in [3.63, 3.8) is 0 Å². The number of benzene rings is 1. The zero-order chi connectivity index (χ0) is 17.3. The molecule has 0 aromatic heterocycles. The van der Waals surface area contributed by atoms with E-state index in [1.54, 1.807) is 0 Å². The minimum Gasteiger partial charge on any atom is -0.310 e. The van der Waals surface area contributed by atoms with Crippen LogP contribution in [0.5, 0.6) is 0 Å². The molecule has 0 saturated carbocycles. The number of alkyl halides is 1. The Labute approximate surface area is 140 Å². The lowest BCUT2D eigenvalue weighted by Crippen LogP contribution is -2.46. The highest BCUT2D eigenvalue weighted by molar-refractivity contribution is 6.92. The highest BCUT2D eigenvalue weighted by Gasteiger charge is 2.31. The zero-order valence-corrected chi connectivity index (χ0v) is 14.9. The highest BCUT2D eigenvalue weighted by Crippen LogP contribution is 2.25. The summed E-state index contributed by atoms with van der Waals surface area (Å²) < 4.78 is 12.8. The Bertz CT molecular complexity index is 544. The van der Waals surface area contributed by atoms with E-state index in [1.807, 2.05) is 43.4 Å². The van der Waals surface area contributed by atoms with Gasteiger partial charge in [0.1, 0.15) is 0 Å². The summed E-state index contributed by atoms with van der Waals surface area (Å²) in [5, 5.41) is 1.22. The van der Waals surface area contributed by atoms with E-state index in [-0.39, 0.29) is 0 Å². The van der Waals surface area contributed by atoms with E-state index in [0.29, 0.717) is 6.54 Å². The smallest absolute Gasteiger partial charge is 0.258 e. The van der Waals surface area contributed by atoms with Gasteiger partial charge < -0.3 is 4.90 Å². The molecule has 0 spiro atoms. The fraction of sp³-hybridized carbons (Fsp3) is 0.316. The van der Waals surface area contributed by atoms with Crippen molar-refractivity contribution in [1.82, 2.24) is 0 Å². The molecule has 0 fully saturated rings. The van der Waals surface area contributed by atoms with Crippen LogP contribution in [-0.4, -0.2) is 27.2 Å². The number of carbonyl (C=O) groups excluding carboxylic acids is 1. The van der Waals surface area contributed by atoms with Gasteiger partial charge in [-0.05, 0) is 37.2 Å². The summed E-state index contributed by atoms with van der Waals surface area (Å²) in [6.07, 6.45) is 5.86.